The van der Waals surface area contributed by atoms with Crippen LogP contribution in [0.2, 0.25) is 0 Å². The van der Waals surface area contributed by atoms with Crippen LogP contribution in [0.5, 0.6) is 0 Å². The molecule has 1 heterocycles. The molecule has 0 fully saturated rings. The minimum absolute atomic E-state index is 0.150. The van der Waals surface area contributed by atoms with E-state index in [1.54, 1.807) is 0 Å². The minimum atomic E-state index is -4.64. The molecule has 1 amide bonds. The molecule has 0 aliphatic heterocycles. The van der Waals surface area contributed by atoms with Gasteiger partial charge in [-0.2, -0.15) is 18.2 Å². The lowest BCUT2D eigenvalue weighted by Gasteiger charge is -2.19. The van der Waals surface area contributed by atoms with E-state index in [-0.39, 0.29) is 11.7 Å². The van der Waals surface area contributed by atoms with Crippen LogP contribution in [0, 0.1) is 0 Å². The number of carbonyl (C=O) groups excluding carboxylic acids is 1. The molecule has 20 heavy (non-hydrogen) atoms. The highest BCUT2D eigenvalue weighted by Gasteiger charge is 2.34. The molecule has 1 atom stereocenters. The number of nitrogens with two attached hydrogens (primary N) is 1. The van der Waals surface area contributed by atoms with Gasteiger partial charge in [-0.1, -0.05) is 0 Å². The highest BCUT2D eigenvalue weighted by molar-refractivity contribution is 5.83. The molecule has 0 aromatic carbocycles. The predicted molar refractivity (Wildman–Crippen MR) is 66.6 cm³/mol. The van der Waals surface area contributed by atoms with Gasteiger partial charge in [-0.3, -0.25) is 10.2 Å². The van der Waals surface area contributed by atoms with Gasteiger partial charge >= 0.3 is 6.18 Å². The van der Waals surface area contributed by atoms with E-state index in [4.69, 9.17) is 5.84 Å². The second kappa shape index (κ2) is 5.90. The average molecular weight is 292 g/mol. The Bertz CT molecular complexity index is 490. The molecule has 0 aliphatic carbocycles. The van der Waals surface area contributed by atoms with Crippen molar-refractivity contribution in [3.63, 3.8) is 0 Å². The Kier molecular flexibility index (Phi) is 4.71. The van der Waals surface area contributed by atoms with Crippen molar-refractivity contribution in [3.8, 4) is 0 Å². The lowest BCUT2D eigenvalue weighted by Crippen LogP contribution is -2.37. The zero-order chi connectivity index (χ0) is 15.5. The number of rotatable bonds is 4. The number of likely N-dealkylation sites (N-methyl/N-ethyl adjacent to an activating group) is 1. The highest BCUT2D eigenvalue weighted by Crippen LogP contribution is 2.29. The summed E-state index contributed by atoms with van der Waals surface area (Å²) in [6, 6.07) is -0.0353. The van der Waals surface area contributed by atoms with Crippen LogP contribution in [0.1, 0.15) is 12.6 Å². The molecule has 1 rings (SSSR count). The van der Waals surface area contributed by atoms with Crippen LogP contribution in [0.15, 0.2) is 6.07 Å². The van der Waals surface area contributed by atoms with E-state index in [9.17, 15) is 18.0 Å². The van der Waals surface area contributed by atoms with Gasteiger partial charge in [-0.05, 0) is 6.92 Å². The van der Waals surface area contributed by atoms with E-state index in [1.165, 1.54) is 25.9 Å². The summed E-state index contributed by atoms with van der Waals surface area (Å²) < 4.78 is 37.9. The molecule has 7 nitrogen and oxygen atoms in total. The van der Waals surface area contributed by atoms with Crippen LogP contribution in [0.25, 0.3) is 0 Å². The summed E-state index contributed by atoms with van der Waals surface area (Å²) in [5.74, 6) is 4.17. The minimum Gasteiger partial charge on any atom is -0.358 e. The number of nitrogens with one attached hydrogen (secondary N) is 2. The summed E-state index contributed by atoms with van der Waals surface area (Å²) in [6.07, 6.45) is -4.64. The Hall–Kier alpha value is -2.10. The molecule has 0 spiro atoms. The van der Waals surface area contributed by atoms with Crippen molar-refractivity contribution in [2.75, 3.05) is 24.8 Å². The Morgan fingerprint density at radius 1 is 1.40 bits per heavy atom. The maximum atomic E-state index is 12.6. The number of hydrogen-bond donors (Lipinski definition) is 3. The molecule has 0 saturated heterocycles. The number of hydrazine groups is 1. The van der Waals surface area contributed by atoms with Crippen molar-refractivity contribution in [1.82, 2.24) is 14.9 Å². The molecule has 0 bridgehead atoms. The number of nitrogens with zero attached hydrogens (tertiary/aromatic N) is 3. The van der Waals surface area contributed by atoms with E-state index in [0.717, 1.165) is 0 Å². The molecule has 0 aliphatic rings. The van der Waals surface area contributed by atoms with E-state index in [0.29, 0.717) is 6.07 Å². The first-order valence-electron chi connectivity index (χ1n) is 5.55. The van der Waals surface area contributed by atoms with Gasteiger partial charge in [0.05, 0.1) is 0 Å². The van der Waals surface area contributed by atoms with Crippen LogP contribution in [-0.2, 0) is 11.0 Å². The summed E-state index contributed by atoms with van der Waals surface area (Å²) in [5, 5.41) is 2.57. The zero-order valence-corrected chi connectivity index (χ0v) is 11.1. The van der Waals surface area contributed by atoms with E-state index >= 15 is 0 Å². The van der Waals surface area contributed by atoms with Gasteiger partial charge in [0.15, 0.2) is 5.69 Å². The van der Waals surface area contributed by atoms with Crippen LogP contribution in [-0.4, -0.2) is 40.9 Å². The maximum Gasteiger partial charge on any atom is 0.433 e. The molecule has 112 valence electrons. The van der Waals surface area contributed by atoms with Crippen molar-refractivity contribution in [3.05, 3.63) is 11.8 Å². The highest BCUT2D eigenvalue weighted by atomic mass is 19.4. The molecule has 0 saturated carbocycles. The van der Waals surface area contributed by atoms with Crippen molar-refractivity contribution in [2.24, 2.45) is 5.84 Å². The molecule has 1 unspecified atom stereocenters. The number of halogens is 3. The molecular weight excluding hydrogens is 277 g/mol. The fraction of sp³-hybridized carbons (Fsp3) is 0.500. The third-order valence-corrected chi connectivity index (χ3v) is 2.32. The predicted octanol–water partition coefficient (Wildman–Crippen LogP) is 0.670. The van der Waals surface area contributed by atoms with Gasteiger partial charge in [0.1, 0.15) is 11.9 Å². The Balaban J connectivity index is 3.03. The summed E-state index contributed by atoms with van der Waals surface area (Å²) in [5.41, 5.74) is 0.788. The van der Waals surface area contributed by atoms with Crippen LogP contribution >= 0.6 is 0 Å². The fourth-order valence-electron chi connectivity index (χ4n) is 1.40. The molecule has 1 aromatic rings. The van der Waals surface area contributed by atoms with Gasteiger partial charge in [0.2, 0.25) is 11.9 Å². The first kappa shape index (κ1) is 16.0. The first-order valence-corrected chi connectivity index (χ1v) is 5.55. The Morgan fingerprint density at radius 2 is 2.00 bits per heavy atom. The lowest BCUT2D eigenvalue weighted by atomic mass is 10.3. The molecule has 10 heteroatoms. The number of anilines is 2. The Morgan fingerprint density at radius 3 is 2.45 bits per heavy atom. The number of aromatic nitrogens is 2. The van der Waals surface area contributed by atoms with Crippen molar-refractivity contribution >= 4 is 17.7 Å². The second-order valence-electron chi connectivity index (χ2n) is 4.20. The second-order valence-corrected chi connectivity index (χ2v) is 4.20. The number of carbonyl (C=O) groups is 1. The van der Waals surface area contributed by atoms with Gasteiger partial charge in [-0.15, -0.1) is 0 Å². The van der Waals surface area contributed by atoms with Gasteiger partial charge in [0.25, 0.3) is 0 Å². The van der Waals surface area contributed by atoms with Crippen LogP contribution < -0.4 is 16.6 Å². The van der Waals surface area contributed by atoms with E-state index in [1.807, 2.05) is 5.43 Å². The first-order chi connectivity index (χ1) is 9.15. The third-order valence-electron chi connectivity index (χ3n) is 2.32. The lowest BCUT2D eigenvalue weighted by molar-refractivity contribution is -0.141. The van der Waals surface area contributed by atoms with Crippen molar-refractivity contribution in [2.45, 2.75) is 19.1 Å². The molecule has 1 aromatic heterocycles. The van der Waals surface area contributed by atoms with E-state index in [2.05, 4.69) is 15.3 Å². The van der Waals surface area contributed by atoms with Gasteiger partial charge in [-0.25, -0.2) is 10.8 Å². The monoisotopic (exact) mass is 292 g/mol. The third kappa shape index (κ3) is 3.95. The summed E-state index contributed by atoms with van der Waals surface area (Å²) in [6.45, 7) is 1.51. The zero-order valence-electron chi connectivity index (χ0n) is 11.1. The maximum absolute atomic E-state index is 12.6. The van der Waals surface area contributed by atoms with Crippen LogP contribution in [0.4, 0.5) is 24.9 Å². The van der Waals surface area contributed by atoms with Crippen molar-refractivity contribution in [1.29, 1.82) is 0 Å². The normalized spacial score (nSPS) is 12.8. The topological polar surface area (TPSA) is 96.2 Å². The smallest absolute Gasteiger partial charge is 0.358 e. The summed E-state index contributed by atoms with van der Waals surface area (Å²) in [7, 11) is 3.07. The molecule has 0 radical (unpaired) electrons. The van der Waals surface area contributed by atoms with E-state index < -0.39 is 23.9 Å². The van der Waals surface area contributed by atoms with Crippen LogP contribution in [0.3, 0.4) is 0 Å². The Labute approximate surface area is 113 Å². The van der Waals surface area contributed by atoms with Gasteiger partial charge < -0.3 is 10.2 Å². The molecule has 4 N–H and O–H groups in total. The quantitative estimate of drug-likeness (QED) is 0.557. The number of alkyl halides is 3. The standard InChI is InChI=1S/C10H15F3N6O/c1-5(8(20)19(2)3)15-7-4-6(10(11,12)13)16-9(17-7)18-14/h4-5H,14H2,1-3H3,(H2,15,16,17,18). The molecular formula is C10H15F3N6O. The summed E-state index contributed by atoms with van der Waals surface area (Å²) in [4.78, 5) is 19.9. The number of amides is 1. The average Bonchev–Trinajstić information content (AvgIpc) is 2.36. The number of nitrogen functional groups attached to an aromatic ring is 1. The van der Waals surface area contributed by atoms with Gasteiger partial charge in [0, 0.05) is 20.2 Å². The number of hydrogen-bond acceptors (Lipinski definition) is 6. The van der Waals surface area contributed by atoms with Crippen molar-refractivity contribution < 1.29 is 18.0 Å². The largest absolute Gasteiger partial charge is 0.433 e. The fourth-order valence-corrected chi connectivity index (χ4v) is 1.40. The summed E-state index contributed by atoms with van der Waals surface area (Å²) >= 11 is 0. The SMILES string of the molecule is CC(Nc1cc(C(F)(F)F)nc(NN)n1)C(=O)N(C)C.